The van der Waals surface area contributed by atoms with Gasteiger partial charge in [-0.15, -0.1) is 0 Å². The van der Waals surface area contributed by atoms with Gasteiger partial charge in [0.05, 0.1) is 0 Å². The van der Waals surface area contributed by atoms with Crippen LogP contribution in [0.5, 0.6) is 0 Å². The molecule has 1 aliphatic heterocycles. The van der Waals surface area contributed by atoms with E-state index in [0.29, 0.717) is 11.5 Å². The minimum absolute atomic E-state index is 0.630. The molecule has 2 heteroatoms. The molecule has 1 heterocycles. The van der Waals surface area contributed by atoms with Crippen LogP contribution < -0.4 is 5.32 Å². The second-order valence-electron chi connectivity index (χ2n) is 6.56. The van der Waals surface area contributed by atoms with Crippen molar-refractivity contribution in [1.29, 1.82) is 0 Å². The smallest absolute Gasteiger partial charge is 0.0209 e. The average Bonchev–Trinajstić information content (AvgIpc) is 2.83. The van der Waals surface area contributed by atoms with E-state index in [1.165, 1.54) is 38.9 Å². The van der Waals surface area contributed by atoms with Crippen LogP contribution in [0.2, 0.25) is 0 Å². The van der Waals surface area contributed by atoms with Gasteiger partial charge in [0.25, 0.3) is 0 Å². The first-order valence-corrected chi connectivity index (χ1v) is 7.00. The van der Waals surface area contributed by atoms with Crippen LogP contribution in [-0.2, 0) is 0 Å². The molecule has 2 nitrogen and oxygen atoms in total. The third-order valence-corrected chi connectivity index (χ3v) is 4.50. The quantitative estimate of drug-likeness (QED) is 0.772. The average molecular weight is 224 g/mol. The molecule has 0 aromatic carbocycles. The van der Waals surface area contributed by atoms with Gasteiger partial charge in [-0.05, 0) is 37.1 Å². The van der Waals surface area contributed by atoms with E-state index in [0.717, 1.165) is 12.0 Å². The van der Waals surface area contributed by atoms with E-state index in [2.05, 4.69) is 37.9 Å². The highest BCUT2D eigenvalue weighted by atomic mass is 15.2. The van der Waals surface area contributed by atoms with E-state index in [9.17, 15) is 0 Å². The van der Waals surface area contributed by atoms with Gasteiger partial charge in [0.15, 0.2) is 0 Å². The van der Waals surface area contributed by atoms with Crippen LogP contribution in [0.25, 0.3) is 0 Å². The lowest BCUT2D eigenvalue weighted by Gasteiger charge is -2.26. The summed E-state index contributed by atoms with van der Waals surface area (Å²) in [5, 5.41) is 3.67. The Balaban J connectivity index is 1.77. The highest BCUT2D eigenvalue weighted by Gasteiger charge is 2.46. The van der Waals surface area contributed by atoms with Crippen molar-refractivity contribution in [3.05, 3.63) is 0 Å². The lowest BCUT2D eigenvalue weighted by molar-refractivity contribution is 0.213. The van der Waals surface area contributed by atoms with Crippen molar-refractivity contribution in [3.8, 4) is 0 Å². The molecule has 2 rings (SSSR count). The Morgan fingerprint density at radius 2 is 1.94 bits per heavy atom. The maximum Gasteiger partial charge on any atom is 0.0209 e. The third-order valence-electron chi connectivity index (χ3n) is 4.50. The standard InChI is InChI=1S/C14H28N2/c1-11(2)14(6-7-14)10-16-8-5-13(9-16)15-12(3)4/h11-13,15H,5-10H2,1-4H3. The zero-order valence-electron chi connectivity index (χ0n) is 11.4. The van der Waals surface area contributed by atoms with E-state index >= 15 is 0 Å². The fourth-order valence-electron chi connectivity index (χ4n) is 3.11. The summed E-state index contributed by atoms with van der Waals surface area (Å²) in [4.78, 5) is 2.69. The van der Waals surface area contributed by atoms with Crippen LogP contribution in [0, 0.1) is 11.3 Å². The molecule has 1 atom stereocenters. The summed E-state index contributed by atoms with van der Waals surface area (Å²) in [7, 11) is 0. The molecule has 1 saturated heterocycles. The molecule has 1 aliphatic carbocycles. The monoisotopic (exact) mass is 224 g/mol. The molecule has 2 aliphatic rings. The van der Waals surface area contributed by atoms with E-state index in [1.807, 2.05) is 0 Å². The first kappa shape index (κ1) is 12.4. The minimum atomic E-state index is 0.630. The second kappa shape index (κ2) is 4.66. The van der Waals surface area contributed by atoms with Crippen molar-refractivity contribution in [2.24, 2.45) is 11.3 Å². The van der Waals surface area contributed by atoms with Gasteiger partial charge in [0.2, 0.25) is 0 Å². The molecule has 0 amide bonds. The molecule has 1 N–H and O–H groups in total. The van der Waals surface area contributed by atoms with Gasteiger partial charge in [-0.3, -0.25) is 0 Å². The Bertz CT molecular complexity index is 231. The highest BCUT2D eigenvalue weighted by Crippen LogP contribution is 2.52. The summed E-state index contributed by atoms with van der Waals surface area (Å²) in [5.74, 6) is 0.865. The predicted molar refractivity (Wildman–Crippen MR) is 69.6 cm³/mol. The minimum Gasteiger partial charge on any atom is -0.310 e. The summed E-state index contributed by atoms with van der Waals surface area (Å²) in [5.41, 5.74) is 0.687. The van der Waals surface area contributed by atoms with Crippen molar-refractivity contribution in [1.82, 2.24) is 10.2 Å². The van der Waals surface area contributed by atoms with Crippen molar-refractivity contribution in [2.45, 2.75) is 59.0 Å². The van der Waals surface area contributed by atoms with Gasteiger partial charge in [0, 0.05) is 25.2 Å². The normalized spacial score (nSPS) is 29.2. The van der Waals surface area contributed by atoms with Gasteiger partial charge in [-0.2, -0.15) is 0 Å². The third kappa shape index (κ3) is 2.78. The van der Waals surface area contributed by atoms with Gasteiger partial charge >= 0.3 is 0 Å². The van der Waals surface area contributed by atoms with Crippen LogP contribution in [0.15, 0.2) is 0 Å². The molecule has 0 aromatic heterocycles. The molecule has 16 heavy (non-hydrogen) atoms. The van der Waals surface area contributed by atoms with Crippen LogP contribution in [0.3, 0.4) is 0 Å². The Morgan fingerprint density at radius 3 is 2.44 bits per heavy atom. The van der Waals surface area contributed by atoms with Crippen molar-refractivity contribution in [3.63, 3.8) is 0 Å². The molecule has 1 saturated carbocycles. The Hall–Kier alpha value is -0.0800. The zero-order valence-corrected chi connectivity index (χ0v) is 11.4. The summed E-state index contributed by atoms with van der Waals surface area (Å²) in [6.07, 6.45) is 4.26. The van der Waals surface area contributed by atoms with Crippen molar-refractivity contribution < 1.29 is 0 Å². The predicted octanol–water partition coefficient (Wildman–Crippen LogP) is 2.49. The largest absolute Gasteiger partial charge is 0.310 e. The maximum atomic E-state index is 3.67. The number of rotatable bonds is 5. The molecule has 0 radical (unpaired) electrons. The van der Waals surface area contributed by atoms with Gasteiger partial charge in [0.1, 0.15) is 0 Å². The number of nitrogens with one attached hydrogen (secondary N) is 1. The van der Waals surface area contributed by atoms with Crippen LogP contribution in [0.1, 0.15) is 47.0 Å². The van der Waals surface area contributed by atoms with E-state index in [1.54, 1.807) is 0 Å². The van der Waals surface area contributed by atoms with E-state index < -0.39 is 0 Å². The van der Waals surface area contributed by atoms with E-state index in [4.69, 9.17) is 0 Å². The zero-order chi connectivity index (χ0) is 11.8. The molecule has 0 aromatic rings. The molecule has 2 fully saturated rings. The SMILES string of the molecule is CC(C)NC1CCN(CC2(C(C)C)CC2)C1. The number of hydrogen-bond acceptors (Lipinski definition) is 2. The number of likely N-dealkylation sites (tertiary alicyclic amines) is 1. The molecule has 0 spiro atoms. The van der Waals surface area contributed by atoms with Gasteiger partial charge < -0.3 is 10.2 Å². The second-order valence-corrected chi connectivity index (χ2v) is 6.56. The fourth-order valence-corrected chi connectivity index (χ4v) is 3.11. The lowest BCUT2D eigenvalue weighted by atomic mass is 9.92. The van der Waals surface area contributed by atoms with E-state index in [-0.39, 0.29) is 0 Å². The number of hydrogen-bond donors (Lipinski definition) is 1. The van der Waals surface area contributed by atoms with Gasteiger partial charge in [-0.1, -0.05) is 27.7 Å². The topological polar surface area (TPSA) is 15.3 Å². The summed E-state index contributed by atoms with van der Waals surface area (Å²) in [6, 6.07) is 1.37. The molecule has 0 bridgehead atoms. The maximum absolute atomic E-state index is 3.67. The summed E-state index contributed by atoms with van der Waals surface area (Å²) in [6.45, 7) is 13.2. The number of nitrogens with zero attached hydrogens (tertiary/aromatic N) is 1. The Labute approximate surface area is 101 Å². The van der Waals surface area contributed by atoms with Crippen molar-refractivity contribution in [2.75, 3.05) is 19.6 Å². The summed E-state index contributed by atoms with van der Waals surface area (Å²) < 4.78 is 0. The highest BCUT2D eigenvalue weighted by molar-refractivity contribution is 4.99. The van der Waals surface area contributed by atoms with Crippen molar-refractivity contribution >= 4 is 0 Å². The van der Waals surface area contributed by atoms with Crippen LogP contribution in [0.4, 0.5) is 0 Å². The Kier molecular flexibility index (Phi) is 3.60. The molecule has 1 unspecified atom stereocenters. The Morgan fingerprint density at radius 1 is 1.25 bits per heavy atom. The summed E-state index contributed by atoms with van der Waals surface area (Å²) >= 11 is 0. The lowest BCUT2D eigenvalue weighted by Crippen LogP contribution is -2.38. The first-order valence-electron chi connectivity index (χ1n) is 7.00. The van der Waals surface area contributed by atoms with Crippen LogP contribution in [-0.4, -0.2) is 36.6 Å². The molecule has 94 valence electrons. The van der Waals surface area contributed by atoms with Crippen LogP contribution >= 0.6 is 0 Å². The first-order chi connectivity index (χ1) is 7.52. The molecular weight excluding hydrogens is 196 g/mol. The van der Waals surface area contributed by atoms with Gasteiger partial charge in [-0.25, -0.2) is 0 Å². The fraction of sp³-hybridized carbons (Fsp3) is 1.00. The molecular formula is C14H28N2.